The molecule has 1 aliphatic heterocycles. The van der Waals surface area contributed by atoms with Crippen LogP contribution >= 0.6 is 0 Å². The van der Waals surface area contributed by atoms with Crippen LogP contribution in [-0.4, -0.2) is 46.1 Å². The largest absolute Gasteiger partial charge is 0.340 e. The molecule has 0 saturated carbocycles. The van der Waals surface area contributed by atoms with Crippen LogP contribution in [0.2, 0.25) is 0 Å². The summed E-state index contributed by atoms with van der Waals surface area (Å²) >= 11 is 0. The highest BCUT2D eigenvalue weighted by Gasteiger charge is 2.20. The van der Waals surface area contributed by atoms with Gasteiger partial charge in [0.2, 0.25) is 11.9 Å². The summed E-state index contributed by atoms with van der Waals surface area (Å²) < 4.78 is 0. The molecule has 0 unspecified atom stereocenters. The van der Waals surface area contributed by atoms with Crippen molar-refractivity contribution in [3.63, 3.8) is 0 Å². The monoisotopic (exact) mass is 361 g/mol. The number of hydrogen-bond donors (Lipinski definition) is 1. The van der Waals surface area contributed by atoms with E-state index in [1.165, 1.54) is 5.56 Å². The van der Waals surface area contributed by atoms with Gasteiger partial charge in [-0.3, -0.25) is 0 Å². The van der Waals surface area contributed by atoms with Crippen LogP contribution in [0.1, 0.15) is 12.5 Å². The lowest BCUT2D eigenvalue weighted by Gasteiger charge is -2.34. The van der Waals surface area contributed by atoms with Gasteiger partial charge in [-0.2, -0.15) is 4.98 Å². The van der Waals surface area contributed by atoms with Crippen molar-refractivity contribution in [1.29, 1.82) is 0 Å². The fraction of sp³-hybridized carbons (Fsp3) is 0.300. The van der Waals surface area contributed by atoms with Crippen molar-refractivity contribution < 1.29 is 0 Å². The number of aryl methyl sites for hydroxylation is 1. The average molecular weight is 361 g/mol. The van der Waals surface area contributed by atoms with Crippen molar-refractivity contribution in [3.05, 3.63) is 60.6 Å². The van der Waals surface area contributed by atoms with E-state index in [1.807, 2.05) is 24.4 Å². The number of piperazine rings is 1. The first-order valence-electron chi connectivity index (χ1n) is 9.28. The molecular weight excluding hydrogens is 338 g/mol. The minimum Gasteiger partial charge on any atom is -0.340 e. The molecule has 0 atom stereocenters. The van der Waals surface area contributed by atoms with Crippen molar-refractivity contribution in [1.82, 2.24) is 19.9 Å². The van der Waals surface area contributed by atoms with Gasteiger partial charge in [0.1, 0.15) is 5.82 Å². The zero-order chi connectivity index (χ0) is 18.5. The molecule has 27 heavy (non-hydrogen) atoms. The van der Waals surface area contributed by atoms with E-state index in [-0.39, 0.29) is 0 Å². The Morgan fingerprint density at radius 3 is 2.22 bits per heavy atom. The van der Waals surface area contributed by atoms with E-state index in [2.05, 4.69) is 55.2 Å². The third kappa shape index (κ3) is 3.97. The average Bonchev–Trinajstić information content (AvgIpc) is 2.75. The normalized spacial score (nSPS) is 14.3. The van der Waals surface area contributed by atoms with Crippen LogP contribution in [0, 0.1) is 0 Å². The maximum atomic E-state index is 4.72. The molecule has 1 N–H and O–H groups in total. The third-order valence-corrected chi connectivity index (χ3v) is 4.70. The molecule has 7 heteroatoms. The summed E-state index contributed by atoms with van der Waals surface area (Å²) in [6, 6.07) is 12.1. The molecule has 0 radical (unpaired) electrons. The molecule has 1 aromatic carbocycles. The first-order valence-corrected chi connectivity index (χ1v) is 9.28. The first kappa shape index (κ1) is 17.2. The zero-order valence-corrected chi connectivity index (χ0v) is 15.4. The van der Waals surface area contributed by atoms with E-state index >= 15 is 0 Å². The molecule has 0 bridgehead atoms. The van der Waals surface area contributed by atoms with Crippen LogP contribution < -0.4 is 15.1 Å². The summed E-state index contributed by atoms with van der Waals surface area (Å²) in [6.45, 7) is 5.54. The predicted molar refractivity (Wildman–Crippen MR) is 108 cm³/mol. The summed E-state index contributed by atoms with van der Waals surface area (Å²) in [5.74, 6) is 2.35. The van der Waals surface area contributed by atoms with Crippen LogP contribution in [0.25, 0.3) is 0 Å². The van der Waals surface area contributed by atoms with E-state index in [0.717, 1.165) is 56.0 Å². The number of rotatable bonds is 5. The van der Waals surface area contributed by atoms with E-state index in [0.29, 0.717) is 0 Å². The van der Waals surface area contributed by atoms with Crippen molar-refractivity contribution in [2.45, 2.75) is 13.3 Å². The molecule has 1 saturated heterocycles. The summed E-state index contributed by atoms with van der Waals surface area (Å²) in [7, 11) is 0. The smallest absolute Gasteiger partial charge is 0.227 e. The van der Waals surface area contributed by atoms with Crippen molar-refractivity contribution in [2.75, 3.05) is 41.3 Å². The third-order valence-electron chi connectivity index (χ3n) is 4.70. The summed E-state index contributed by atoms with van der Waals surface area (Å²) in [5.41, 5.74) is 2.37. The summed E-state index contributed by atoms with van der Waals surface area (Å²) in [6.07, 6.45) is 6.35. The zero-order valence-electron chi connectivity index (χ0n) is 15.4. The van der Waals surface area contributed by atoms with Crippen LogP contribution in [0.5, 0.6) is 0 Å². The Kier molecular flexibility index (Phi) is 5.09. The fourth-order valence-electron chi connectivity index (χ4n) is 3.22. The van der Waals surface area contributed by atoms with Gasteiger partial charge < -0.3 is 15.1 Å². The van der Waals surface area contributed by atoms with Crippen LogP contribution in [-0.2, 0) is 6.42 Å². The standard InChI is InChI=1S/C20H23N7/c1-2-16-6-3-4-7-17(16)24-18-8-11-23-20(25-18)27-14-12-26(13-15-27)19-21-9-5-10-22-19/h3-11H,2,12-15H2,1H3,(H,23,24,25). The van der Waals surface area contributed by atoms with E-state index in [1.54, 1.807) is 12.4 Å². The molecule has 1 fully saturated rings. The summed E-state index contributed by atoms with van der Waals surface area (Å²) in [5, 5.41) is 3.43. The van der Waals surface area contributed by atoms with E-state index < -0.39 is 0 Å². The van der Waals surface area contributed by atoms with Crippen molar-refractivity contribution >= 4 is 23.4 Å². The quantitative estimate of drug-likeness (QED) is 0.749. The molecule has 0 spiro atoms. The van der Waals surface area contributed by atoms with Gasteiger partial charge in [-0.25, -0.2) is 15.0 Å². The molecule has 0 amide bonds. The molecule has 3 heterocycles. The van der Waals surface area contributed by atoms with Gasteiger partial charge >= 0.3 is 0 Å². The molecule has 1 aliphatic rings. The highest BCUT2D eigenvalue weighted by atomic mass is 15.4. The Labute approximate surface area is 159 Å². The Balaban J connectivity index is 1.44. The predicted octanol–water partition coefficient (Wildman–Crippen LogP) is 2.90. The molecule has 3 aromatic rings. The maximum absolute atomic E-state index is 4.72. The van der Waals surface area contributed by atoms with Crippen LogP contribution in [0.4, 0.5) is 23.4 Å². The number of aromatic nitrogens is 4. The van der Waals surface area contributed by atoms with Gasteiger partial charge in [0, 0.05) is 50.5 Å². The minimum absolute atomic E-state index is 0.752. The summed E-state index contributed by atoms with van der Waals surface area (Å²) in [4.78, 5) is 22.2. The second-order valence-electron chi connectivity index (χ2n) is 6.40. The van der Waals surface area contributed by atoms with Crippen LogP contribution in [0.15, 0.2) is 55.0 Å². The highest BCUT2D eigenvalue weighted by Crippen LogP contribution is 2.21. The molecular formula is C20H23N7. The van der Waals surface area contributed by atoms with E-state index in [4.69, 9.17) is 4.98 Å². The highest BCUT2D eigenvalue weighted by molar-refractivity contribution is 5.61. The number of hydrogen-bond acceptors (Lipinski definition) is 7. The molecule has 2 aromatic heterocycles. The number of benzene rings is 1. The van der Waals surface area contributed by atoms with Gasteiger partial charge in [-0.15, -0.1) is 0 Å². The lowest BCUT2D eigenvalue weighted by molar-refractivity contribution is 0.628. The molecule has 7 nitrogen and oxygen atoms in total. The van der Waals surface area contributed by atoms with Crippen molar-refractivity contribution in [3.8, 4) is 0 Å². The molecule has 138 valence electrons. The SMILES string of the molecule is CCc1ccccc1Nc1ccnc(N2CCN(c3ncccn3)CC2)n1. The number of nitrogens with one attached hydrogen (secondary N) is 1. The second kappa shape index (κ2) is 7.99. The number of para-hydroxylation sites is 1. The molecule has 0 aliphatic carbocycles. The van der Waals surface area contributed by atoms with E-state index in [9.17, 15) is 0 Å². The Bertz CT molecular complexity index is 876. The second-order valence-corrected chi connectivity index (χ2v) is 6.40. The number of anilines is 4. The topological polar surface area (TPSA) is 70.1 Å². The molecule has 4 rings (SSSR count). The van der Waals surface area contributed by atoms with Gasteiger partial charge in [0.25, 0.3) is 0 Å². The number of nitrogens with zero attached hydrogens (tertiary/aromatic N) is 6. The lowest BCUT2D eigenvalue weighted by Crippen LogP contribution is -2.47. The lowest BCUT2D eigenvalue weighted by atomic mass is 10.1. The van der Waals surface area contributed by atoms with Crippen molar-refractivity contribution in [2.24, 2.45) is 0 Å². The van der Waals surface area contributed by atoms with Gasteiger partial charge in [0.15, 0.2) is 0 Å². The minimum atomic E-state index is 0.752. The maximum Gasteiger partial charge on any atom is 0.227 e. The van der Waals surface area contributed by atoms with Crippen LogP contribution in [0.3, 0.4) is 0 Å². The fourth-order valence-corrected chi connectivity index (χ4v) is 3.22. The first-order chi connectivity index (χ1) is 13.3. The Morgan fingerprint density at radius 2 is 1.48 bits per heavy atom. The van der Waals surface area contributed by atoms with Gasteiger partial charge in [0.05, 0.1) is 0 Å². The Hall–Kier alpha value is -3.22. The van der Waals surface area contributed by atoms with Gasteiger partial charge in [-0.1, -0.05) is 25.1 Å². The Morgan fingerprint density at radius 1 is 0.815 bits per heavy atom. The van der Waals surface area contributed by atoms with Gasteiger partial charge in [-0.05, 0) is 30.2 Å².